The number of nitrogens with one attached hydrogen (secondary N) is 1. The molecule has 1 aliphatic carbocycles. The molecule has 1 aliphatic rings. The Kier molecular flexibility index (Phi) is 4.28. The van der Waals surface area contributed by atoms with E-state index in [9.17, 15) is 22.4 Å². The minimum absolute atomic E-state index is 0.0603. The molecule has 10 heteroatoms. The van der Waals surface area contributed by atoms with Crippen molar-refractivity contribution in [1.29, 1.82) is 0 Å². The van der Waals surface area contributed by atoms with Gasteiger partial charge in [0.1, 0.15) is 11.6 Å². The van der Waals surface area contributed by atoms with Crippen molar-refractivity contribution >= 4 is 11.6 Å². The van der Waals surface area contributed by atoms with E-state index in [1.165, 1.54) is 29.0 Å². The first-order chi connectivity index (χ1) is 13.2. The van der Waals surface area contributed by atoms with E-state index in [0.717, 1.165) is 0 Å². The average molecular weight is 393 g/mol. The molecule has 3 aromatic rings. The van der Waals surface area contributed by atoms with Gasteiger partial charge in [0.05, 0.1) is 11.9 Å². The van der Waals surface area contributed by atoms with Crippen molar-refractivity contribution in [3.05, 3.63) is 47.8 Å². The summed E-state index contributed by atoms with van der Waals surface area (Å²) in [5, 5.41) is 6.13. The lowest BCUT2D eigenvalue weighted by molar-refractivity contribution is -0.158. The highest BCUT2D eigenvalue weighted by atomic mass is 19.4. The molecule has 0 aromatic carbocycles. The van der Waals surface area contributed by atoms with E-state index in [1.54, 1.807) is 13.0 Å². The first-order valence-corrected chi connectivity index (χ1v) is 8.59. The molecule has 0 aliphatic heterocycles. The maximum Gasteiger partial charge on any atom is 0.408 e. The molecule has 3 heterocycles. The van der Waals surface area contributed by atoms with Crippen molar-refractivity contribution in [2.75, 3.05) is 0 Å². The molecule has 0 bridgehead atoms. The predicted molar refractivity (Wildman–Crippen MR) is 90.9 cm³/mol. The molecule has 1 amide bonds. The zero-order valence-corrected chi connectivity index (χ0v) is 14.7. The van der Waals surface area contributed by atoms with Crippen molar-refractivity contribution in [3.8, 4) is 11.3 Å². The van der Waals surface area contributed by atoms with Crippen LogP contribution in [0.25, 0.3) is 16.9 Å². The largest absolute Gasteiger partial charge is 0.408 e. The smallest absolute Gasteiger partial charge is 0.340 e. The number of hydrogen-bond acceptors (Lipinski definition) is 4. The van der Waals surface area contributed by atoms with E-state index in [-0.39, 0.29) is 11.2 Å². The van der Waals surface area contributed by atoms with Crippen LogP contribution in [0.1, 0.15) is 28.9 Å². The predicted octanol–water partition coefficient (Wildman–Crippen LogP) is 3.31. The lowest BCUT2D eigenvalue weighted by atomic mass is 10.1. The first kappa shape index (κ1) is 18.3. The van der Waals surface area contributed by atoms with Crippen LogP contribution >= 0.6 is 0 Å². The molecule has 1 unspecified atom stereocenters. The second-order valence-electron chi connectivity index (χ2n) is 6.78. The van der Waals surface area contributed by atoms with Crippen molar-refractivity contribution in [3.63, 3.8) is 0 Å². The number of alkyl halides is 3. The number of hydrogen-bond donors (Lipinski definition) is 1. The standard InChI is InChI=1S/C18H15F4N5O/c1-9-6-13(11-4-5-14(19)23-7-11)25-16-12(8-24-27(9)16)17(28)26-15(10-2-3-10)18(20,21)22/h4-8,10,15H,2-3H2,1H3,(H,26,28). The molecule has 1 fully saturated rings. The van der Waals surface area contributed by atoms with Crippen LogP contribution < -0.4 is 5.32 Å². The molecular weight excluding hydrogens is 378 g/mol. The fourth-order valence-electron chi connectivity index (χ4n) is 3.06. The average Bonchev–Trinajstić information content (AvgIpc) is 3.37. The Hall–Kier alpha value is -3.04. The molecule has 1 N–H and O–H groups in total. The summed E-state index contributed by atoms with van der Waals surface area (Å²) < 4.78 is 54.1. The van der Waals surface area contributed by atoms with Crippen LogP contribution in [0.3, 0.4) is 0 Å². The highest BCUT2D eigenvalue weighted by Crippen LogP contribution is 2.40. The van der Waals surface area contributed by atoms with Gasteiger partial charge in [0.2, 0.25) is 5.95 Å². The van der Waals surface area contributed by atoms with Gasteiger partial charge in [-0.3, -0.25) is 4.79 Å². The molecule has 0 spiro atoms. The Balaban J connectivity index is 1.71. The number of halogens is 4. The fraction of sp³-hybridized carbons (Fsp3) is 0.333. The van der Waals surface area contributed by atoms with Gasteiger partial charge in [0.15, 0.2) is 5.65 Å². The third-order valence-corrected chi connectivity index (χ3v) is 4.65. The van der Waals surface area contributed by atoms with Gasteiger partial charge in [0.25, 0.3) is 5.91 Å². The summed E-state index contributed by atoms with van der Waals surface area (Å²) in [7, 11) is 0. The van der Waals surface area contributed by atoms with Crippen LogP contribution in [-0.4, -0.2) is 37.7 Å². The summed E-state index contributed by atoms with van der Waals surface area (Å²) in [6, 6.07) is 2.42. The summed E-state index contributed by atoms with van der Waals surface area (Å²) in [6.45, 7) is 1.71. The lowest BCUT2D eigenvalue weighted by Crippen LogP contribution is -2.46. The molecule has 146 valence electrons. The van der Waals surface area contributed by atoms with Crippen molar-refractivity contribution in [2.24, 2.45) is 5.92 Å². The van der Waals surface area contributed by atoms with Crippen molar-refractivity contribution in [2.45, 2.75) is 32.0 Å². The van der Waals surface area contributed by atoms with E-state index in [1.807, 2.05) is 0 Å². The summed E-state index contributed by atoms with van der Waals surface area (Å²) in [4.78, 5) is 20.5. The van der Waals surface area contributed by atoms with Gasteiger partial charge >= 0.3 is 6.18 Å². The minimum Gasteiger partial charge on any atom is -0.340 e. The molecule has 4 rings (SSSR count). The van der Waals surface area contributed by atoms with Crippen LogP contribution in [0, 0.1) is 18.8 Å². The lowest BCUT2D eigenvalue weighted by Gasteiger charge is -2.20. The highest BCUT2D eigenvalue weighted by Gasteiger charge is 2.49. The zero-order valence-electron chi connectivity index (χ0n) is 14.7. The molecule has 0 saturated heterocycles. The van der Waals surface area contributed by atoms with Gasteiger partial charge in [0, 0.05) is 17.5 Å². The second kappa shape index (κ2) is 6.54. The van der Waals surface area contributed by atoms with Gasteiger partial charge in [-0.15, -0.1) is 0 Å². The SMILES string of the molecule is Cc1cc(-c2ccc(F)nc2)nc2c(C(=O)NC(C3CC3)C(F)(F)F)cnn12. The Labute approximate surface area is 156 Å². The second-order valence-corrected chi connectivity index (χ2v) is 6.78. The number of rotatable bonds is 4. The normalized spacial score (nSPS) is 15.6. The van der Waals surface area contributed by atoms with Gasteiger partial charge in [-0.25, -0.2) is 14.5 Å². The molecule has 28 heavy (non-hydrogen) atoms. The van der Waals surface area contributed by atoms with Gasteiger partial charge in [-0.1, -0.05) is 0 Å². The number of amides is 1. The van der Waals surface area contributed by atoms with Gasteiger partial charge < -0.3 is 5.32 Å². The van der Waals surface area contributed by atoms with Crippen LogP contribution in [0.5, 0.6) is 0 Å². The van der Waals surface area contributed by atoms with Gasteiger partial charge in [-0.05, 0) is 43.9 Å². The Bertz CT molecular complexity index is 1040. The fourth-order valence-corrected chi connectivity index (χ4v) is 3.06. The number of pyridine rings is 1. The highest BCUT2D eigenvalue weighted by molar-refractivity contribution is 6.00. The summed E-state index contributed by atoms with van der Waals surface area (Å²) in [6.07, 6.45) is -1.18. The Morgan fingerprint density at radius 3 is 2.64 bits per heavy atom. The van der Waals surface area contributed by atoms with E-state index >= 15 is 0 Å². The van der Waals surface area contributed by atoms with Crippen molar-refractivity contribution < 1.29 is 22.4 Å². The summed E-state index contributed by atoms with van der Waals surface area (Å²) >= 11 is 0. The molecule has 3 aromatic heterocycles. The number of aryl methyl sites for hydroxylation is 1. The number of fused-ring (bicyclic) bond motifs is 1. The maximum absolute atomic E-state index is 13.2. The first-order valence-electron chi connectivity index (χ1n) is 8.59. The molecule has 0 radical (unpaired) electrons. The summed E-state index contributed by atoms with van der Waals surface area (Å²) in [5.74, 6) is -2.13. The topological polar surface area (TPSA) is 72.2 Å². The zero-order chi connectivity index (χ0) is 20.1. The number of carbonyl (C=O) groups is 1. The minimum atomic E-state index is -4.52. The molecule has 1 saturated carbocycles. The molecule has 1 atom stereocenters. The van der Waals surface area contributed by atoms with E-state index in [0.29, 0.717) is 29.8 Å². The van der Waals surface area contributed by atoms with E-state index < -0.39 is 30.0 Å². The van der Waals surface area contributed by atoms with Crippen LogP contribution in [0.2, 0.25) is 0 Å². The Morgan fingerprint density at radius 2 is 2.04 bits per heavy atom. The van der Waals surface area contributed by atoms with E-state index in [2.05, 4.69) is 20.4 Å². The van der Waals surface area contributed by atoms with Crippen LogP contribution in [-0.2, 0) is 0 Å². The number of nitrogens with zero attached hydrogens (tertiary/aromatic N) is 4. The third kappa shape index (κ3) is 3.41. The van der Waals surface area contributed by atoms with Crippen LogP contribution in [0.4, 0.5) is 17.6 Å². The summed E-state index contributed by atoms with van der Waals surface area (Å²) in [5.41, 5.74) is 1.58. The molecular formula is C18H15F4N5O. The number of aromatic nitrogens is 4. The maximum atomic E-state index is 13.2. The van der Waals surface area contributed by atoms with E-state index in [4.69, 9.17) is 0 Å². The Morgan fingerprint density at radius 1 is 1.29 bits per heavy atom. The quantitative estimate of drug-likeness (QED) is 0.545. The monoisotopic (exact) mass is 393 g/mol. The molecule has 6 nitrogen and oxygen atoms in total. The van der Waals surface area contributed by atoms with Crippen LogP contribution in [0.15, 0.2) is 30.6 Å². The number of carbonyl (C=O) groups excluding carboxylic acids is 1. The third-order valence-electron chi connectivity index (χ3n) is 4.65. The van der Waals surface area contributed by atoms with Crippen molar-refractivity contribution in [1.82, 2.24) is 24.9 Å². The van der Waals surface area contributed by atoms with Gasteiger partial charge in [-0.2, -0.15) is 22.7 Å².